The Morgan fingerprint density at radius 1 is 1.19 bits per heavy atom. The molecule has 1 saturated heterocycles. The summed E-state index contributed by atoms with van der Waals surface area (Å²) >= 11 is 0. The number of fused-ring (bicyclic) bond motifs is 2. The summed E-state index contributed by atoms with van der Waals surface area (Å²) < 4.78 is 10.1. The van der Waals surface area contributed by atoms with Gasteiger partial charge in [-0.05, 0) is 61.7 Å². The van der Waals surface area contributed by atoms with Gasteiger partial charge in [0.2, 0.25) is 5.91 Å². The summed E-state index contributed by atoms with van der Waals surface area (Å²) in [5.74, 6) is 1.45. The molecule has 1 fully saturated rings. The highest BCUT2D eigenvalue weighted by Crippen LogP contribution is 2.34. The standard InChI is InChI=1S/C28H27N7O2/c1-4-26(36)34-11-5-6-20(15-34)35-28-22(14-29-16-30-28)27(32-35)19-7-10-25(18(2)12-19)37-21-8-9-24-23(13-21)31-17-33(24)3/h4,7-10,12-14,16-17,20H,1,5-6,11,15H2,2-3H3/t20-/m1/s1. The Morgan fingerprint density at radius 2 is 2.08 bits per heavy atom. The van der Waals surface area contributed by atoms with Gasteiger partial charge in [0.1, 0.15) is 23.5 Å². The van der Waals surface area contributed by atoms with Crippen LogP contribution in [0.15, 0.2) is 67.9 Å². The number of carbonyl (C=O) groups is 1. The maximum atomic E-state index is 12.2. The monoisotopic (exact) mass is 493 g/mol. The average molecular weight is 494 g/mol. The van der Waals surface area contributed by atoms with E-state index >= 15 is 0 Å². The number of imidazole rings is 1. The summed E-state index contributed by atoms with van der Waals surface area (Å²) in [4.78, 5) is 27.3. The van der Waals surface area contributed by atoms with Gasteiger partial charge in [-0.3, -0.25) is 4.79 Å². The molecule has 0 spiro atoms. The number of hydrogen-bond acceptors (Lipinski definition) is 6. The van der Waals surface area contributed by atoms with Crippen molar-refractivity contribution in [2.24, 2.45) is 7.05 Å². The fraction of sp³-hybridized carbons (Fsp3) is 0.250. The van der Waals surface area contributed by atoms with E-state index in [0.29, 0.717) is 6.54 Å². The lowest BCUT2D eigenvalue weighted by atomic mass is 10.1. The fourth-order valence-corrected chi connectivity index (χ4v) is 5.05. The summed E-state index contributed by atoms with van der Waals surface area (Å²) in [6.07, 6.45) is 8.34. The van der Waals surface area contributed by atoms with E-state index in [9.17, 15) is 4.79 Å². The molecule has 0 aliphatic carbocycles. The van der Waals surface area contributed by atoms with Gasteiger partial charge in [-0.25, -0.2) is 19.6 Å². The van der Waals surface area contributed by atoms with Crippen molar-refractivity contribution in [1.29, 1.82) is 0 Å². The molecule has 5 aromatic rings. The molecule has 186 valence electrons. The molecule has 9 nitrogen and oxygen atoms in total. The molecule has 9 heteroatoms. The maximum absolute atomic E-state index is 12.2. The minimum Gasteiger partial charge on any atom is -0.457 e. The SMILES string of the molecule is C=CC(=O)N1CCC[C@@H](n2nc(-c3ccc(Oc4ccc5c(c4)ncn5C)c(C)c3)c3cncnc32)C1. The lowest BCUT2D eigenvalue weighted by Gasteiger charge is -2.32. The van der Waals surface area contributed by atoms with Crippen LogP contribution in [0.2, 0.25) is 0 Å². The molecule has 1 aliphatic rings. The fourth-order valence-electron chi connectivity index (χ4n) is 5.05. The van der Waals surface area contributed by atoms with Crippen molar-refractivity contribution in [1.82, 2.24) is 34.2 Å². The Balaban J connectivity index is 1.32. The van der Waals surface area contributed by atoms with E-state index in [1.807, 2.05) is 58.5 Å². The van der Waals surface area contributed by atoms with E-state index in [0.717, 1.165) is 69.8 Å². The number of aromatic nitrogens is 6. The minimum atomic E-state index is -0.0515. The molecule has 1 atom stereocenters. The third-order valence-corrected chi connectivity index (χ3v) is 6.97. The van der Waals surface area contributed by atoms with Gasteiger partial charge in [0.05, 0.1) is 28.8 Å². The van der Waals surface area contributed by atoms with Gasteiger partial charge < -0.3 is 14.2 Å². The Morgan fingerprint density at radius 3 is 2.92 bits per heavy atom. The number of rotatable bonds is 5. The highest BCUT2D eigenvalue weighted by atomic mass is 16.5. The van der Waals surface area contributed by atoms with E-state index in [2.05, 4.69) is 27.6 Å². The van der Waals surface area contributed by atoms with E-state index in [4.69, 9.17) is 9.84 Å². The van der Waals surface area contributed by atoms with Crippen LogP contribution in [0.1, 0.15) is 24.4 Å². The lowest BCUT2D eigenvalue weighted by Crippen LogP contribution is -2.40. The quantitative estimate of drug-likeness (QED) is 0.326. The lowest BCUT2D eigenvalue weighted by molar-refractivity contribution is -0.127. The number of benzene rings is 2. The van der Waals surface area contributed by atoms with Gasteiger partial charge >= 0.3 is 0 Å². The Bertz CT molecular complexity index is 1650. The van der Waals surface area contributed by atoms with Gasteiger partial charge in [-0.15, -0.1) is 0 Å². The predicted molar refractivity (Wildman–Crippen MR) is 141 cm³/mol. The summed E-state index contributed by atoms with van der Waals surface area (Å²) in [5, 5.41) is 5.87. The third-order valence-electron chi connectivity index (χ3n) is 6.97. The summed E-state index contributed by atoms with van der Waals surface area (Å²) in [6, 6.07) is 12.0. The van der Waals surface area contributed by atoms with E-state index in [1.165, 1.54) is 6.08 Å². The molecule has 3 aromatic heterocycles. The first kappa shape index (κ1) is 22.9. The molecular weight excluding hydrogens is 466 g/mol. The number of ether oxygens (including phenoxy) is 1. The minimum absolute atomic E-state index is 0.0361. The van der Waals surface area contributed by atoms with Crippen LogP contribution in [-0.4, -0.2) is 53.2 Å². The molecular formula is C28H27N7O2. The zero-order valence-electron chi connectivity index (χ0n) is 20.8. The van der Waals surface area contributed by atoms with Crippen molar-refractivity contribution >= 4 is 28.0 Å². The van der Waals surface area contributed by atoms with Crippen LogP contribution in [0.25, 0.3) is 33.3 Å². The smallest absolute Gasteiger partial charge is 0.246 e. The summed E-state index contributed by atoms with van der Waals surface area (Å²) in [5.41, 5.74) is 5.47. The first-order valence-corrected chi connectivity index (χ1v) is 12.3. The highest BCUT2D eigenvalue weighted by molar-refractivity contribution is 5.91. The molecule has 1 amide bonds. The first-order valence-electron chi connectivity index (χ1n) is 12.3. The zero-order valence-corrected chi connectivity index (χ0v) is 20.8. The topological polar surface area (TPSA) is 91.0 Å². The van der Waals surface area contributed by atoms with Crippen LogP contribution < -0.4 is 4.74 Å². The maximum Gasteiger partial charge on any atom is 0.246 e. The summed E-state index contributed by atoms with van der Waals surface area (Å²) in [7, 11) is 1.97. The molecule has 0 saturated carbocycles. The van der Waals surface area contributed by atoms with Crippen molar-refractivity contribution in [2.45, 2.75) is 25.8 Å². The van der Waals surface area contributed by atoms with Gasteiger partial charge in [0, 0.05) is 38.0 Å². The number of piperidine rings is 1. The number of nitrogens with zero attached hydrogens (tertiary/aromatic N) is 7. The second kappa shape index (κ2) is 9.16. The Hall–Kier alpha value is -4.53. The number of amides is 1. The van der Waals surface area contributed by atoms with E-state index in [1.54, 1.807) is 18.9 Å². The molecule has 1 aliphatic heterocycles. The van der Waals surface area contributed by atoms with Crippen LogP contribution in [0, 0.1) is 6.92 Å². The number of aryl methyl sites for hydroxylation is 2. The number of hydrogen-bond donors (Lipinski definition) is 0. The van der Waals surface area contributed by atoms with Gasteiger partial charge in [-0.1, -0.05) is 6.58 Å². The number of carbonyl (C=O) groups excluding carboxylic acids is 1. The van der Waals surface area contributed by atoms with Crippen LogP contribution in [0.4, 0.5) is 0 Å². The second-order valence-corrected chi connectivity index (χ2v) is 9.43. The van der Waals surface area contributed by atoms with Crippen LogP contribution >= 0.6 is 0 Å². The molecule has 6 rings (SSSR count). The van der Waals surface area contributed by atoms with Crippen molar-refractivity contribution < 1.29 is 9.53 Å². The molecule has 2 aromatic carbocycles. The molecule has 0 unspecified atom stereocenters. The molecule has 4 heterocycles. The third kappa shape index (κ3) is 4.12. The normalized spacial score (nSPS) is 15.8. The molecule has 0 N–H and O–H groups in total. The van der Waals surface area contributed by atoms with Crippen molar-refractivity contribution in [3.05, 3.63) is 73.5 Å². The van der Waals surface area contributed by atoms with Crippen LogP contribution in [0.5, 0.6) is 11.5 Å². The second-order valence-electron chi connectivity index (χ2n) is 9.43. The van der Waals surface area contributed by atoms with Crippen LogP contribution in [0.3, 0.4) is 0 Å². The average Bonchev–Trinajstić information content (AvgIpc) is 3.50. The van der Waals surface area contributed by atoms with E-state index < -0.39 is 0 Å². The van der Waals surface area contributed by atoms with E-state index in [-0.39, 0.29) is 11.9 Å². The molecule has 37 heavy (non-hydrogen) atoms. The van der Waals surface area contributed by atoms with Gasteiger partial charge in [0.25, 0.3) is 0 Å². The molecule has 0 radical (unpaired) electrons. The van der Waals surface area contributed by atoms with Crippen molar-refractivity contribution in [2.75, 3.05) is 13.1 Å². The number of likely N-dealkylation sites (tertiary alicyclic amines) is 1. The summed E-state index contributed by atoms with van der Waals surface area (Å²) in [6.45, 7) is 6.97. The van der Waals surface area contributed by atoms with Crippen LogP contribution in [-0.2, 0) is 11.8 Å². The molecule has 0 bridgehead atoms. The van der Waals surface area contributed by atoms with Crippen molar-refractivity contribution in [3.8, 4) is 22.8 Å². The zero-order chi connectivity index (χ0) is 25.5. The van der Waals surface area contributed by atoms with Gasteiger partial charge in [0.15, 0.2) is 5.65 Å². The van der Waals surface area contributed by atoms with Crippen molar-refractivity contribution in [3.63, 3.8) is 0 Å². The Labute approximate surface area is 214 Å². The largest absolute Gasteiger partial charge is 0.457 e. The Kier molecular flexibility index (Phi) is 5.67. The predicted octanol–water partition coefficient (Wildman–Crippen LogP) is 4.83. The first-order chi connectivity index (χ1) is 18.0. The highest BCUT2D eigenvalue weighted by Gasteiger charge is 2.27. The van der Waals surface area contributed by atoms with Gasteiger partial charge in [-0.2, -0.15) is 5.10 Å².